The molecule has 0 amide bonds. The number of hydrogen-bond donors (Lipinski definition) is 2. The lowest BCUT2D eigenvalue weighted by Gasteiger charge is -2.22. The van der Waals surface area contributed by atoms with E-state index in [1.54, 1.807) is 17.9 Å². The Bertz CT molecular complexity index is 739. The Morgan fingerprint density at radius 1 is 1.41 bits per heavy atom. The van der Waals surface area contributed by atoms with Crippen molar-refractivity contribution in [1.29, 1.82) is 0 Å². The number of methoxy groups -OCH3 is 1. The van der Waals surface area contributed by atoms with Gasteiger partial charge in [0.15, 0.2) is 0 Å². The highest BCUT2D eigenvalue weighted by atomic mass is 32.2. The predicted molar refractivity (Wildman–Crippen MR) is 82.3 cm³/mol. The van der Waals surface area contributed by atoms with Gasteiger partial charge in [0.05, 0.1) is 7.11 Å². The molecule has 8 heteroatoms. The van der Waals surface area contributed by atoms with E-state index in [2.05, 4.69) is 15.4 Å². The Morgan fingerprint density at radius 3 is 2.73 bits per heavy atom. The number of aliphatic carboxylic acids is 1. The van der Waals surface area contributed by atoms with Crippen LogP contribution in [0.3, 0.4) is 0 Å². The highest BCUT2D eigenvalue weighted by Gasteiger charge is 2.27. The maximum Gasteiger partial charge on any atom is 0.352 e. The highest BCUT2D eigenvalue weighted by molar-refractivity contribution is 7.98. The molecule has 0 bridgehead atoms. The number of aromatic nitrogens is 3. The molecule has 0 unspecified atom stereocenters. The molecule has 7 nitrogen and oxygen atoms in total. The van der Waals surface area contributed by atoms with Crippen LogP contribution < -0.4 is 10.1 Å². The van der Waals surface area contributed by atoms with Gasteiger partial charge in [0, 0.05) is 0 Å². The zero-order chi connectivity index (χ0) is 15.7. The molecule has 3 rings (SSSR count). The molecule has 0 spiro atoms. The Hall–Kier alpha value is -2.48. The number of carboxylic acids is 1. The summed E-state index contributed by atoms with van der Waals surface area (Å²) < 4.78 is 6.83. The summed E-state index contributed by atoms with van der Waals surface area (Å²) in [4.78, 5) is 15.6. The number of rotatable bonds is 4. The summed E-state index contributed by atoms with van der Waals surface area (Å²) in [5, 5.41) is 17.0. The maximum atomic E-state index is 11.3. The van der Waals surface area contributed by atoms with Crippen LogP contribution in [0.5, 0.6) is 5.75 Å². The van der Waals surface area contributed by atoms with E-state index in [4.69, 9.17) is 4.74 Å². The second-order valence-corrected chi connectivity index (χ2v) is 5.37. The zero-order valence-electron chi connectivity index (χ0n) is 12.0. The van der Waals surface area contributed by atoms with Gasteiger partial charge in [-0.2, -0.15) is 4.98 Å². The molecular formula is C14H14N4O3S. The third-order valence-electron chi connectivity index (χ3n) is 3.32. The first-order valence-electron chi connectivity index (χ1n) is 6.49. The molecule has 2 heterocycles. The van der Waals surface area contributed by atoms with Crippen LogP contribution in [0.25, 0.3) is 0 Å². The molecule has 0 saturated carbocycles. The van der Waals surface area contributed by atoms with Gasteiger partial charge in [-0.1, -0.05) is 23.9 Å². The summed E-state index contributed by atoms with van der Waals surface area (Å²) in [5.74, 6) is 0.132. The van der Waals surface area contributed by atoms with Gasteiger partial charge in [0.25, 0.3) is 0 Å². The average Bonchev–Trinajstić information content (AvgIpc) is 2.97. The minimum atomic E-state index is -1.03. The molecule has 22 heavy (non-hydrogen) atoms. The fourth-order valence-electron chi connectivity index (χ4n) is 2.22. The normalized spacial score (nSPS) is 16.5. The van der Waals surface area contributed by atoms with E-state index in [1.807, 2.05) is 30.5 Å². The van der Waals surface area contributed by atoms with E-state index in [9.17, 15) is 9.90 Å². The monoisotopic (exact) mass is 318 g/mol. The van der Waals surface area contributed by atoms with Crippen molar-refractivity contribution in [2.24, 2.45) is 0 Å². The molecule has 1 aliphatic rings. The van der Waals surface area contributed by atoms with Gasteiger partial charge < -0.3 is 15.2 Å². The number of allylic oxidation sites excluding steroid dienone is 1. The molecule has 1 atom stereocenters. The summed E-state index contributed by atoms with van der Waals surface area (Å²) in [6, 6.07) is 7.10. The van der Waals surface area contributed by atoms with Crippen molar-refractivity contribution < 1.29 is 14.6 Å². The topological polar surface area (TPSA) is 89.3 Å². The largest absolute Gasteiger partial charge is 0.497 e. The van der Waals surface area contributed by atoms with Crippen molar-refractivity contribution in [3.8, 4) is 5.75 Å². The van der Waals surface area contributed by atoms with E-state index < -0.39 is 5.97 Å². The quantitative estimate of drug-likeness (QED) is 0.833. The Morgan fingerprint density at radius 2 is 2.14 bits per heavy atom. The van der Waals surface area contributed by atoms with Gasteiger partial charge in [-0.05, 0) is 30.0 Å². The molecule has 2 aromatic rings. The lowest BCUT2D eigenvalue weighted by atomic mass is 10.0. The highest BCUT2D eigenvalue weighted by Crippen LogP contribution is 2.31. The van der Waals surface area contributed by atoms with Crippen LogP contribution in [-0.4, -0.2) is 39.2 Å². The van der Waals surface area contributed by atoms with Crippen molar-refractivity contribution in [3.05, 3.63) is 41.6 Å². The maximum absolute atomic E-state index is 11.3. The van der Waals surface area contributed by atoms with Crippen LogP contribution >= 0.6 is 11.8 Å². The summed E-state index contributed by atoms with van der Waals surface area (Å²) in [6.07, 6.45) is 3.49. The minimum Gasteiger partial charge on any atom is -0.497 e. The molecule has 1 aromatic heterocycles. The first-order chi connectivity index (χ1) is 10.6. The predicted octanol–water partition coefficient (Wildman–Crippen LogP) is 1.99. The average molecular weight is 318 g/mol. The SMILES string of the molecule is COc1ccc([C@@H]2C=C(C(=O)O)Nc3nc(SC)nn32)cc1. The van der Waals surface area contributed by atoms with Crippen LogP contribution in [0.1, 0.15) is 11.6 Å². The summed E-state index contributed by atoms with van der Waals surface area (Å²) in [7, 11) is 1.60. The fourth-order valence-corrected chi connectivity index (χ4v) is 2.57. The van der Waals surface area contributed by atoms with Gasteiger partial charge >= 0.3 is 5.97 Å². The summed E-state index contributed by atoms with van der Waals surface area (Å²) >= 11 is 1.40. The molecule has 0 fully saturated rings. The zero-order valence-corrected chi connectivity index (χ0v) is 12.8. The van der Waals surface area contributed by atoms with E-state index in [0.29, 0.717) is 11.1 Å². The number of hydrogen-bond acceptors (Lipinski definition) is 6. The van der Waals surface area contributed by atoms with Crippen molar-refractivity contribution in [3.63, 3.8) is 0 Å². The smallest absolute Gasteiger partial charge is 0.352 e. The molecule has 0 saturated heterocycles. The number of ether oxygens (including phenoxy) is 1. The third kappa shape index (κ3) is 2.52. The fraction of sp³-hybridized carbons (Fsp3) is 0.214. The van der Waals surface area contributed by atoms with Crippen molar-refractivity contribution in [2.75, 3.05) is 18.7 Å². The van der Waals surface area contributed by atoms with Crippen LogP contribution in [0, 0.1) is 0 Å². The van der Waals surface area contributed by atoms with Gasteiger partial charge in [0.2, 0.25) is 11.1 Å². The summed E-state index contributed by atoms with van der Waals surface area (Å²) in [6.45, 7) is 0. The Labute approximate surface area is 131 Å². The molecule has 2 N–H and O–H groups in total. The van der Waals surface area contributed by atoms with Crippen LogP contribution in [-0.2, 0) is 4.79 Å². The Balaban J connectivity index is 2.06. The number of nitrogens with one attached hydrogen (secondary N) is 1. The number of thioether (sulfide) groups is 1. The van der Waals surface area contributed by atoms with Crippen molar-refractivity contribution in [1.82, 2.24) is 14.8 Å². The lowest BCUT2D eigenvalue weighted by molar-refractivity contribution is -0.132. The van der Waals surface area contributed by atoms with E-state index in [1.165, 1.54) is 11.8 Å². The number of fused-ring (bicyclic) bond motifs is 1. The third-order valence-corrected chi connectivity index (χ3v) is 3.85. The van der Waals surface area contributed by atoms with E-state index in [0.717, 1.165) is 11.3 Å². The van der Waals surface area contributed by atoms with Gasteiger partial charge in [-0.15, -0.1) is 5.10 Å². The number of carboxylic acid groups (broad SMARTS) is 1. The standard InChI is InChI=1S/C14H14N4O3S/c1-21-9-5-3-8(4-6-9)11-7-10(12(19)20)15-13-16-14(22-2)17-18(11)13/h3-7,11H,1-2H3,(H,19,20)(H,15,16,17)/t11-/m0/s1. The second kappa shape index (κ2) is 5.72. The molecule has 0 aliphatic carbocycles. The lowest BCUT2D eigenvalue weighted by Crippen LogP contribution is -2.24. The van der Waals surface area contributed by atoms with Gasteiger partial charge in [-0.25, -0.2) is 9.48 Å². The molecular weight excluding hydrogens is 304 g/mol. The van der Waals surface area contributed by atoms with Crippen LogP contribution in [0.2, 0.25) is 0 Å². The first kappa shape index (κ1) is 14.5. The van der Waals surface area contributed by atoms with E-state index >= 15 is 0 Å². The molecule has 1 aromatic carbocycles. The molecule has 0 radical (unpaired) electrons. The molecule has 1 aliphatic heterocycles. The van der Waals surface area contributed by atoms with Crippen molar-refractivity contribution >= 4 is 23.7 Å². The number of nitrogens with zero attached hydrogens (tertiary/aromatic N) is 3. The van der Waals surface area contributed by atoms with E-state index in [-0.39, 0.29) is 11.7 Å². The number of carbonyl (C=O) groups is 1. The van der Waals surface area contributed by atoms with Crippen molar-refractivity contribution in [2.45, 2.75) is 11.2 Å². The first-order valence-corrected chi connectivity index (χ1v) is 7.71. The van der Waals surface area contributed by atoms with Gasteiger partial charge in [-0.3, -0.25) is 0 Å². The summed E-state index contributed by atoms with van der Waals surface area (Å²) in [5.41, 5.74) is 0.994. The molecule has 114 valence electrons. The second-order valence-electron chi connectivity index (χ2n) is 4.60. The Kier molecular flexibility index (Phi) is 3.76. The van der Waals surface area contributed by atoms with Crippen LogP contribution in [0.15, 0.2) is 41.2 Å². The van der Waals surface area contributed by atoms with Crippen LogP contribution in [0.4, 0.5) is 5.95 Å². The minimum absolute atomic E-state index is 0.0911. The van der Waals surface area contributed by atoms with Gasteiger partial charge in [0.1, 0.15) is 17.5 Å². The number of anilines is 1. The number of benzene rings is 1.